The zero-order valence-corrected chi connectivity index (χ0v) is 30.9. The summed E-state index contributed by atoms with van der Waals surface area (Å²) in [5.41, 5.74) is 2.32. The van der Waals surface area contributed by atoms with E-state index in [1.807, 2.05) is 18.2 Å². The smallest absolute Gasteiger partial charge is 0.329 e. The molecular weight excluding hydrogens is 719 g/mol. The van der Waals surface area contributed by atoms with Crippen LogP contribution in [0.2, 0.25) is 0 Å². The second-order valence-electron chi connectivity index (χ2n) is 14.7. The fourth-order valence-electron chi connectivity index (χ4n) is 8.52. The normalized spacial score (nSPS) is 21.4. The van der Waals surface area contributed by atoms with Gasteiger partial charge in [-0.15, -0.1) is 11.3 Å². The predicted octanol–water partition coefficient (Wildman–Crippen LogP) is 4.88. The van der Waals surface area contributed by atoms with E-state index in [2.05, 4.69) is 42.5 Å². The van der Waals surface area contributed by atoms with Crippen LogP contribution in [0.15, 0.2) is 47.7 Å². The number of para-hydroxylation sites is 1. The minimum Gasteiger partial charge on any atom is -0.370 e. The number of amides is 3. The third-order valence-electron chi connectivity index (χ3n) is 11.4. The van der Waals surface area contributed by atoms with E-state index in [4.69, 9.17) is 0 Å². The van der Waals surface area contributed by atoms with Crippen molar-refractivity contribution >= 4 is 56.4 Å². The summed E-state index contributed by atoms with van der Waals surface area (Å²) in [4.78, 5) is 64.2. The number of carbonyl (C=O) groups excluding carboxylic acids is 3. The second-order valence-corrected chi connectivity index (χ2v) is 15.7. The molecule has 1 unspecified atom stereocenters. The quantitative estimate of drug-likeness (QED) is 0.200. The molecule has 1 atom stereocenters. The van der Waals surface area contributed by atoms with E-state index >= 15 is 0 Å². The Balaban J connectivity index is 0.868. The van der Waals surface area contributed by atoms with Gasteiger partial charge < -0.3 is 15.1 Å². The number of hydrogen-bond donors (Lipinski definition) is 2. The zero-order chi connectivity index (χ0) is 37.7. The van der Waals surface area contributed by atoms with Crippen LogP contribution in [0.4, 0.5) is 19.5 Å². The largest absolute Gasteiger partial charge is 0.370 e. The van der Waals surface area contributed by atoms with Crippen LogP contribution in [0.5, 0.6) is 0 Å². The Hall–Kier alpha value is -5.03. The number of rotatable bonds is 9. The van der Waals surface area contributed by atoms with Crippen molar-refractivity contribution in [1.29, 1.82) is 0 Å². The summed E-state index contributed by atoms with van der Waals surface area (Å²) in [7, 11) is 3.92. The Morgan fingerprint density at radius 2 is 1.85 bits per heavy atom. The zero-order valence-electron chi connectivity index (χ0n) is 30.1. The molecular formula is C37H42F2N10O4S. The standard InChI is InChI=1S/C37H42F2N10O4S/c1-45(23-13-17-47(18-14-23)25-5-3-6-26-30(25)46(2)37(53)49(26)27-11-12-28(50)42-34(27)52)20-21-7-9-22(10-8-21)35-43-29(31(38)39)36(54-35)44-33(51)24-19-41-48-16-4-15-40-32(24)48/h3-6,15-16,19,21-23,27,31H,7-14,17-18,20H2,1-2H3,(H,44,51)(H,42,50,52)/t21-,22-,27?. The number of aromatic nitrogens is 6. The predicted molar refractivity (Wildman–Crippen MR) is 199 cm³/mol. The Bertz CT molecular complexity index is 2280. The molecule has 2 N–H and O–H groups in total. The van der Waals surface area contributed by atoms with Crippen molar-refractivity contribution in [2.24, 2.45) is 13.0 Å². The maximum atomic E-state index is 14.1. The molecule has 14 nitrogen and oxygen atoms in total. The van der Waals surface area contributed by atoms with Crippen LogP contribution in [0.1, 0.15) is 90.8 Å². The number of benzene rings is 1. The van der Waals surface area contributed by atoms with Gasteiger partial charge in [-0.2, -0.15) is 5.10 Å². The molecule has 17 heteroatoms. The fraction of sp³-hybridized carbons (Fsp3) is 0.486. The number of imide groups is 1. The summed E-state index contributed by atoms with van der Waals surface area (Å²) in [6.45, 7) is 2.59. The van der Waals surface area contributed by atoms with E-state index in [1.54, 1.807) is 30.1 Å². The van der Waals surface area contributed by atoms with Gasteiger partial charge in [0, 0.05) is 57.5 Å². The van der Waals surface area contributed by atoms with E-state index in [1.165, 1.54) is 15.3 Å². The minimum atomic E-state index is -2.82. The number of anilines is 2. The molecule has 1 aliphatic carbocycles. The van der Waals surface area contributed by atoms with Crippen molar-refractivity contribution in [1.82, 2.24) is 38.9 Å². The Labute approximate surface area is 313 Å². The number of hydrogen-bond acceptors (Lipinski definition) is 10. The van der Waals surface area contributed by atoms with Gasteiger partial charge in [-0.3, -0.25) is 28.8 Å². The number of imidazole rings is 1. The molecule has 2 saturated heterocycles. The van der Waals surface area contributed by atoms with Crippen molar-refractivity contribution < 1.29 is 23.2 Å². The number of fused-ring (bicyclic) bond motifs is 2. The molecule has 3 amide bonds. The maximum Gasteiger partial charge on any atom is 0.329 e. The highest BCUT2D eigenvalue weighted by Gasteiger charge is 2.34. The topological polar surface area (TPSA) is 152 Å². The van der Waals surface area contributed by atoms with Crippen molar-refractivity contribution in [2.45, 2.75) is 75.8 Å². The minimum absolute atomic E-state index is 0.0603. The summed E-state index contributed by atoms with van der Waals surface area (Å²) < 4.78 is 32.7. The number of thiazole rings is 1. The van der Waals surface area contributed by atoms with Crippen LogP contribution in [0.3, 0.4) is 0 Å². The molecule has 0 radical (unpaired) electrons. The molecule has 3 aliphatic rings. The highest BCUT2D eigenvalue weighted by atomic mass is 32.1. The summed E-state index contributed by atoms with van der Waals surface area (Å²) in [5.74, 6) is -0.766. The first-order valence-electron chi connectivity index (χ1n) is 18.4. The number of halogens is 2. The van der Waals surface area contributed by atoms with Crippen LogP contribution in [0, 0.1) is 5.92 Å². The molecule has 54 heavy (non-hydrogen) atoms. The van der Waals surface area contributed by atoms with Crippen molar-refractivity contribution in [3.05, 3.63) is 69.6 Å². The van der Waals surface area contributed by atoms with Crippen molar-refractivity contribution in [3.63, 3.8) is 0 Å². The summed E-state index contributed by atoms with van der Waals surface area (Å²) in [6, 6.07) is 7.18. The average molecular weight is 761 g/mol. The third-order valence-corrected chi connectivity index (χ3v) is 12.6. The van der Waals surface area contributed by atoms with E-state index in [0.29, 0.717) is 34.6 Å². The molecule has 4 aromatic heterocycles. The van der Waals surface area contributed by atoms with E-state index in [-0.39, 0.29) is 34.5 Å². The fourth-order valence-corrected chi connectivity index (χ4v) is 9.66. The molecule has 3 fully saturated rings. The lowest BCUT2D eigenvalue weighted by molar-refractivity contribution is -0.135. The lowest BCUT2D eigenvalue weighted by Crippen LogP contribution is -2.45. The van der Waals surface area contributed by atoms with Crippen molar-refractivity contribution in [2.75, 3.05) is 36.9 Å². The molecule has 2 aliphatic heterocycles. The number of alkyl halides is 2. The van der Waals surface area contributed by atoms with Gasteiger partial charge >= 0.3 is 5.69 Å². The van der Waals surface area contributed by atoms with Gasteiger partial charge in [-0.25, -0.2) is 28.1 Å². The summed E-state index contributed by atoms with van der Waals surface area (Å²) >= 11 is 1.14. The van der Waals surface area contributed by atoms with E-state index < -0.39 is 30.0 Å². The van der Waals surface area contributed by atoms with Crippen LogP contribution in [-0.4, -0.2) is 84.1 Å². The van der Waals surface area contributed by atoms with Crippen LogP contribution in [0.25, 0.3) is 16.7 Å². The lowest BCUT2D eigenvalue weighted by Gasteiger charge is -2.40. The first-order valence-corrected chi connectivity index (χ1v) is 19.3. The first kappa shape index (κ1) is 36.0. The number of aryl methyl sites for hydroxylation is 1. The number of piperidine rings is 2. The molecule has 5 aromatic rings. The number of nitrogens with one attached hydrogen (secondary N) is 2. The SMILES string of the molecule is CN(C[C@H]1CC[C@H](c2nc(C(F)F)c(NC(=O)c3cnn4cccnc34)s2)CC1)C1CCN(c2cccc3c2n(C)c(=O)n3C2CCC(=O)NC2=O)CC1. The monoisotopic (exact) mass is 760 g/mol. The summed E-state index contributed by atoms with van der Waals surface area (Å²) in [5, 5.41) is 9.86. The van der Waals surface area contributed by atoms with Crippen LogP contribution < -0.4 is 21.2 Å². The first-order chi connectivity index (χ1) is 26.1. The van der Waals surface area contributed by atoms with Gasteiger partial charge in [0.25, 0.3) is 12.3 Å². The molecule has 0 spiro atoms. The highest BCUT2D eigenvalue weighted by Crippen LogP contribution is 2.42. The molecule has 1 aromatic carbocycles. The van der Waals surface area contributed by atoms with E-state index in [0.717, 1.165) is 80.7 Å². The Morgan fingerprint density at radius 3 is 2.59 bits per heavy atom. The number of carbonyl (C=O) groups is 3. The third kappa shape index (κ3) is 6.67. The Kier molecular flexibility index (Phi) is 9.76. The van der Waals surface area contributed by atoms with Gasteiger partial charge in [-0.1, -0.05) is 6.07 Å². The molecule has 0 bridgehead atoms. The van der Waals surface area contributed by atoms with Gasteiger partial charge in [0.05, 0.1) is 27.9 Å². The van der Waals surface area contributed by atoms with Crippen molar-refractivity contribution in [3.8, 4) is 0 Å². The van der Waals surface area contributed by atoms with Crippen LogP contribution >= 0.6 is 11.3 Å². The highest BCUT2D eigenvalue weighted by molar-refractivity contribution is 7.16. The lowest BCUT2D eigenvalue weighted by atomic mass is 9.82. The maximum absolute atomic E-state index is 14.1. The van der Waals surface area contributed by atoms with Gasteiger partial charge in [0.15, 0.2) is 5.65 Å². The summed E-state index contributed by atoms with van der Waals surface area (Å²) in [6.07, 6.45) is 7.79. The number of nitrogens with zero attached hydrogens (tertiary/aromatic N) is 8. The molecule has 1 saturated carbocycles. The van der Waals surface area contributed by atoms with E-state index in [9.17, 15) is 28.0 Å². The molecule has 8 rings (SSSR count). The van der Waals surface area contributed by atoms with Gasteiger partial charge in [0.2, 0.25) is 11.8 Å². The Morgan fingerprint density at radius 1 is 1.07 bits per heavy atom. The molecule has 6 heterocycles. The van der Waals surface area contributed by atoms with Gasteiger partial charge in [-0.05, 0) is 76.1 Å². The average Bonchev–Trinajstić information content (AvgIpc) is 3.87. The van der Waals surface area contributed by atoms with Crippen LogP contribution in [-0.2, 0) is 16.6 Å². The molecule has 284 valence electrons. The second kappa shape index (κ2) is 14.7. The van der Waals surface area contributed by atoms with Gasteiger partial charge in [0.1, 0.15) is 22.3 Å².